The highest BCUT2D eigenvalue weighted by Crippen LogP contribution is 2.31. The number of benzene rings is 2. The van der Waals surface area contributed by atoms with Crippen molar-refractivity contribution in [3.8, 4) is 0 Å². The van der Waals surface area contributed by atoms with Gasteiger partial charge in [-0.25, -0.2) is 0 Å². The molecule has 0 unspecified atom stereocenters. The van der Waals surface area contributed by atoms with Crippen LogP contribution in [0, 0.1) is 0 Å². The molecule has 0 spiro atoms. The van der Waals surface area contributed by atoms with Gasteiger partial charge in [0.2, 0.25) is 5.95 Å². The Bertz CT molecular complexity index is 841. The Morgan fingerprint density at radius 1 is 1.05 bits per heavy atom. The molecule has 4 rings (SSSR count). The van der Waals surface area contributed by atoms with Crippen LogP contribution in [0.5, 0.6) is 0 Å². The molecular weight excluding hydrogens is 342 g/mol. The normalized spacial score (nSPS) is 16.6. The monoisotopic (exact) mass is 353 g/mol. The van der Waals surface area contributed by atoms with Gasteiger partial charge in [-0.05, 0) is 39.8 Å². The highest BCUT2D eigenvalue weighted by atomic mass is 79.9. The molecule has 2 heterocycles. The van der Waals surface area contributed by atoms with Gasteiger partial charge in [0.05, 0.1) is 0 Å². The first kappa shape index (κ1) is 13.2. The van der Waals surface area contributed by atoms with Crippen LogP contribution in [-0.2, 0) is 0 Å². The summed E-state index contributed by atoms with van der Waals surface area (Å²) in [5.41, 5.74) is 3.23. The Kier molecular flexibility index (Phi) is 3.23. The molecule has 0 radical (unpaired) electrons. The summed E-state index contributed by atoms with van der Waals surface area (Å²) >= 11 is 3.51. The minimum absolute atomic E-state index is 0.0265. The van der Waals surface area contributed by atoms with Gasteiger partial charge in [-0.1, -0.05) is 63.5 Å². The van der Waals surface area contributed by atoms with E-state index < -0.39 is 0 Å². The van der Waals surface area contributed by atoms with Gasteiger partial charge in [0, 0.05) is 10.2 Å². The standard InChI is InChI=1S/C16H12BrN5/c17-13-8-4-7-12(9-13)14-10-15(11-5-2-1-3-6-11)22-16(18-14)19-20-21-22/h1-10,15H,(H,18,19,21)/t15-/m0/s1. The summed E-state index contributed by atoms with van der Waals surface area (Å²) in [7, 11) is 0. The molecule has 6 heteroatoms. The third-order valence-electron chi connectivity index (χ3n) is 3.60. The number of hydrogen-bond acceptors (Lipinski definition) is 4. The van der Waals surface area contributed by atoms with Crippen LogP contribution in [0.3, 0.4) is 0 Å². The minimum atomic E-state index is -0.0265. The fourth-order valence-electron chi connectivity index (χ4n) is 2.57. The highest BCUT2D eigenvalue weighted by molar-refractivity contribution is 9.10. The molecule has 1 aliphatic heterocycles. The Labute approximate surface area is 135 Å². The van der Waals surface area contributed by atoms with E-state index in [2.05, 4.69) is 67.1 Å². The van der Waals surface area contributed by atoms with Crippen LogP contribution in [0.15, 0.2) is 65.1 Å². The fraction of sp³-hybridized carbons (Fsp3) is 0.0625. The van der Waals surface area contributed by atoms with Crippen molar-refractivity contribution in [2.24, 2.45) is 0 Å². The maximum absolute atomic E-state index is 4.10. The van der Waals surface area contributed by atoms with Gasteiger partial charge >= 0.3 is 0 Å². The van der Waals surface area contributed by atoms with Crippen molar-refractivity contribution < 1.29 is 0 Å². The van der Waals surface area contributed by atoms with E-state index in [1.165, 1.54) is 0 Å². The molecule has 1 aromatic heterocycles. The zero-order valence-electron chi connectivity index (χ0n) is 11.5. The van der Waals surface area contributed by atoms with Gasteiger partial charge in [-0.15, -0.1) is 0 Å². The van der Waals surface area contributed by atoms with Crippen LogP contribution in [0.2, 0.25) is 0 Å². The average Bonchev–Trinajstić information content (AvgIpc) is 3.03. The number of anilines is 1. The Morgan fingerprint density at radius 3 is 2.73 bits per heavy atom. The number of nitrogens with zero attached hydrogens (tertiary/aromatic N) is 4. The van der Waals surface area contributed by atoms with Gasteiger partial charge in [0.25, 0.3) is 0 Å². The molecule has 1 N–H and O–H groups in total. The topological polar surface area (TPSA) is 55.6 Å². The number of aromatic nitrogens is 4. The summed E-state index contributed by atoms with van der Waals surface area (Å²) in [6.45, 7) is 0. The van der Waals surface area contributed by atoms with Crippen LogP contribution < -0.4 is 5.32 Å². The predicted molar refractivity (Wildman–Crippen MR) is 88.1 cm³/mol. The third kappa shape index (κ3) is 2.31. The highest BCUT2D eigenvalue weighted by Gasteiger charge is 2.24. The molecule has 3 aromatic rings. The van der Waals surface area contributed by atoms with Gasteiger partial charge < -0.3 is 5.32 Å². The van der Waals surface area contributed by atoms with E-state index in [0.29, 0.717) is 5.95 Å². The molecule has 1 aliphatic rings. The number of rotatable bonds is 2. The quantitative estimate of drug-likeness (QED) is 0.766. The first-order valence-corrected chi connectivity index (χ1v) is 7.68. The molecule has 0 saturated heterocycles. The fourth-order valence-corrected chi connectivity index (χ4v) is 2.97. The van der Waals surface area contributed by atoms with Gasteiger partial charge in [0.1, 0.15) is 6.04 Å². The first-order valence-electron chi connectivity index (χ1n) is 6.89. The predicted octanol–water partition coefficient (Wildman–Crippen LogP) is 3.49. The third-order valence-corrected chi connectivity index (χ3v) is 4.10. The molecule has 0 fully saturated rings. The number of halogens is 1. The summed E-state index contributed by atoms with van der Waals surface area (Å²) in [4.78, 5) is 0. The lowest BCUT2D eigenvalue weighted by Crippen LogP contribution is -2.20. The van der Waals surface area contributed by atoms with Crippen LogP contribution in [-0.4, -0.2) is 20.2 Å². The Morgan fingerprint density at radius 2 is 1.91 bits per heavy atom. The second-order valence-corrected chi connectivity index (χ2v) is 5.93. The zero-order chi connectivity index (χ0) is 14.9. The van der Waals surface area contributed by atoms with Crippen LogP contribution in [0.4, 0.5) is 5.95 Å². The number of fused-ring (bicyclic) bond motifs is 1. The second-order valence-electron chi connectivity index (χ2n) is 5.02. The second kappa shape index (κ2) is 5.38. The van der Waals surface area contributed by atoms with Crippen molar-refractivity contribution in [1.82, 2.24) is 20.2 Å². The van der Waals surface area contributed by atoms with Crippen LogP contribution in [0.25, 0.3) is 5.70 Å². The zero-order valence-corrected chi connectivity index (χ0v) is 13.1. The van der Waals surface area contributed by atoms with Gasteiger partial charge in [0.15, 0.2) is 0 Å². The van der Waals surface area contributed by atoms with E-state index in [9.17, 15) is 0 Å². The molecule has 2 aromatic carbocycles. The summed E-state index contributed by atoms with van der Waals surface area (Å²) in [5.74, 6) is 0.645. The summed E-state index contributed by atoms with van der Waals surface area (Å²) < 4.78 is 2.82. The lowest BCUT2D eigenvalue weighted by molar-refractivity contribution is 0.586. The van der Waals surface area contributed by atoms with Crippen LogP contribution >= 0.6 is 15.9 Å². The largest absolute Gasteiger partial charge is 0.323 e. The number of nitrogens with one attached hydrogen (secondary N) is 1. The lowest BCUT2D eigenvalue weighted by atomic mass is 10.0. The van der Waals surface area contributed by atoms with Crippen molar-refractivity contribution in [3.05, 3.63) is 76.3 Å². The van der Waals surface area contributed by atoms with E-state index >= 15 is 0 Å². The van der Waals surface area contributed by atoms with E-state index in [1.54, 1.807) is 4.68 Å². The molecule has 0 amide bonds. The SMILES string of the molecule is Brc1cccc(C2=C[C@@H](c3ccccc3)n3nnnc3N2)c1. The summed E-state index contributed by atoms with van der Waals surface area (Å²) in [5, 5.41) is 15.2. The number of allylic oxidation sites excluding steroid dienone is 1. The molecule has 22 heavy (non-hydrogen) atoms. The molecule has 108 valence electrons. The average molecular weight is 354 g/mol. The molecular formula is C16H12BrN5. The molecule has 0 saturated carbocycles. The summed E-state index contributed by atoms with van der Waals surface area (Å²) in [6, 6.07) is 18.3. The maximum atomic E-state index is 4.10. The van der Waals surface area contributed by atoms with Crippen molar-refractivity contribution in [1.29, 1.82) is 0 Å². The number of hydrogen-bond donors (Lipinski definition) is 1. The first-order chi connectivity index (χ1) is 10.8. The van der Waals surface area contributed by atoms with Crippen molar-refractivity contribution in [2.75, 3.05) is 5.32 Å². The van der Waals surface area contributed by atoms with E-state index in [0.717, 1.165) is 21.3 Å². The molecule has 0 aliphatic carbocycles. The van der Waals surface area contributed by atoms with Gasteiger partial charge in [-0.3, -0.25) is 0 Å². The maximum Gasteiger partial charge on any atom is 0.248 e. The minimum Gasteiger partial charge on any atom is -0.323 e. The molecule has 5 nitrogen and oxygen atoms in total. The van der Waals surface area contributed by atoms with Crippen molar-refractivity contribution in [3.63, 3.8) is 0 Å². The molecule has 1 atom stereocenters. The summed E-state index contributed by atoms with van der Waals surface area (Å²) in [6.07, 6.45) is 2.14. The Hall–Kier alpha value is -2.47. The Balaban J connectivity index is 1.83. The van der Waals surface area contributed by atoms with E-state index in [-0.39, 0.29) is 6.04 Å². The van der Waals surface area contributed by atoms with E-state index in [4.69, 9.17) is 0 Å². The molecule has 0 bridgehead atoms. The van der Waals surface area contributed by atoms with E-state index in [1.807, 2.05) is 30.3 Å². The number of tetrazole rings is 1. The van der Waals surface area contributed by atoms with Crippen LogP contribution in [0.1, 0.15) is 17.2 Å². The van der Waals surface area contributed by atoms with Crippen molar-refractivity contribution >= 4 is 27.6 Å². The lowest BCUT2D eigenvalue weighted by Gasteiger charge is -2.23. The van der Waals surface area contributed by atoms with Gasteiger partial charge in [-0.2, -0.15) is 4.68 Å². The smallest absolute Gasteiger partial charge is 0.248 e. The van der Waals surface area contributed by atoms with Crippen molar-refractivity contribution in [2.45, 2.75) is 6.04 Å².